The van der Waals surface area contributed by atoms with E-state index < -0.39 is 42.1 Å². The minimum atomic E-state index is -1.77. The lowest BCUT2D eigenvalue weighted by Gasteiger charge is -2.33. The third-order valence-electron chi connectivity index (χ3n) is 3.91. The molecule has 0 spiro atoms. The van der Waals surface area contributed by atoms with E-state index in [1.165, 1.54) is 19.9 Å². The summed E-state index contributed by atoms with van der Waals surface area (Å²) in [6, 6.07) is 0. The second-order valence-electron chi connectivity index (χ2n) is 5.94. The molecule has 1 fully saturated rings. The monoisotopic (exact) mass is 356 g/mol. The maximum atomic E-state index is 11.4. The molecule has 1 aliphatic heterocycles. The zero-order valence-electron chi connectivity index (χ0n) is 15.1. The Morgan fingerprint density at radius 2 is 1.92 bits per heavy atom. The van der Waals surface area contributed by atoms with Gasteiger partial charge in [0.1, 0.15) is 6.10 Å². The fraction of sp³-hybridized carbons (Fsp3) is 0.667. The molecule has 0 unspecified atom stereocenters. The van der Waals surface area contributed by atoms with E-state index >= 15 is 0 Å². The fourth-order valence-electron chi connectivity index (χ4n) is 2.73. The van der Waals surface area contributed by atoms with Gasteiger partial charge in [-0.3, -0.25) is 9.59 Å². The van der Waals surface area contributed by atoms with Crippen LogP contribution in [0.15, 0.2) is 25.3 Å². The summed E-state index contributed by atoms with van der Waals surface area (Å²) in [6.07, 6.45) is 1.06. The van der Waals surface area contributed by atoms with Crippen LogP contribution >= 0.6 is 0 Å². The lowest BCUT2D eigenvalue weighted by Crippen LogP contribution is -2.53. The van der Waals surface area contributed by atoms with Crippen LogP contribution in [0.1, 0.15) is 40.0 Å². The van der Waals surface area contributed by atoms with Gasteiger partial charge in [0, 0.05) is 20.5 Å². The molecular weight excluding hydrogens is 328 g/mol. The van der Waals surface area contributed by atoms with E-state index in [9.17, 15) is 14.7 Å². The molecule has 1 rings (SSSR count). The summed E-state index contributed by atoms with van der Waals surface area (Å²) in [5, 5.41) is 11.1. The van der Waals surface area contributed by atoms with Gasteiger partial charge >= 0.3 is 11.9 Å². The summed E-state index contributed by atoms with van der Waals surface area (Å²) < 4.78 is 21.8. The molecule has 5 atom stereocenters. The van der Waals surface area contributed by atoms with Gasteiger partial charge in [0.05, 0.1) is 6.10 Å². The Labute approximate surface area is 148 Å². The molecule has 0 radical (unpaired) electrons. The number of aliphatic hydroxyl groups is 1. The predicted octanol–water partition coefficient (Wildman–Crippen LogP) is 1.88. The van der Waals surface area contributed by atoms with Crippen LogP contribution in [0.2, 0.25) is 0 Å². The molecule has 25 heavy (non-hydrogen) atoms. The molecule has 0 aliphatic carbocycles. The number of esters is 2. The highest BCUT2D eigenvalue weighted by Gasteiger charge is 2.60. The van der Waals surface area contributed by atoms with Gasteiger partial charge in [0.2, 0.25) is 6.29 Å². The number of hydrogen-bond donors (Lipinski definition) is 1. The number of carbonyl (C=O) groups is 2. The van der Waals surface area contributed by atoms with Gasteiger partial charge in [-0.25, -0.2) is 0 Å². The number of rotatable bonds is 10. The van der Waals surface area contributed by atoms with Crippen LogP contribution in [0.4, 0.5) is 0 Å². The molecule has 1 heterocycles. The van der Waals surface area contributed by atoms with Crippen molar-refractivity contribution in [3.8, 4) is 0 Å². The minimum Gasteiger partial charge on any atom is -0.452 e. The molecule has 1 saturated heterocycles. The summed E-state index contributed by atoms with van der Waals surface area (Å²) in [4.78, 5) is 22.8. The van der Waals surface area contributed by atoms with Crippen molar-refractivity contribution in [2.45, 2.75) is 70.2 Å². The molecule has 7 heteroatoms. The van der Waals surface area contributed by atoms with E-state index in [1.807, 2.05) is 6.92 Å². The van der Waals surface area contributed by atoms with Crippen LogP contribution in [0.25, 0.3) is 0 Å². The van der Waals surface area contributed by atoms with Crippen molar-refractivity contribution in [1.82, 2.24) is 0 Å². The smallest absolute Gasteiger partial charge is 0.305 e. The SMILES string of the molecule is C=CC[C@@H](OCCCC)[C@@H]1O[C@H](OC(C)=O)[C@H](OC(C)=O)[C@@]1(O)C=C. The number of unbranched alkanes of at least 4 members (excludes halogenated alkanes) is 1. The van der Waals surface area contributed by atoms with Crippen LogP contribution in [-0.4, -0.2) is 53.9 Å². The molecule has 0 amide bonds. The first-order valence-electron chi connectivity index (χ1n) is 8.38. The Morgan fingerprint density at radius 1 is 1.28 bits per heavy atom. The number of ether oxygens (including phenoxy) is 4. The first kappa shape index (κ1) is 21.3. The predicted molar refractivity (Wildman–Crippen MR) is 90.6 cm³/mol. The summed E-state index contributed by atoms with van der Waals surface area (Å²) in [5.41, 5.74) is -1.77. The molecule has 7 nitrogen and oxygen atoms in total. The second-order valence-corrected chi connectivity index (χ2v) is 5.94. The third kappa shape index (κ3) is 5.39. The van der Waals surface area contributed by atoms with E-state index in [1.54, 1.807) is 6.08 Å². The van der Waals surface area contributed by atoms with Gasteiger partial charge in [-0.15, -0.1) is 6.58 Å². The van der Waals surface area contributed by atoms with Gasteiger partial charge < -0.3 is 24.1 Å². The fourth-order valence-corrected chi connectivity index (χ4v) is 2.73. The summed E-state index contributed by atoms with van der Waals surface area (Å²) in [7, 11) is 0. The Bertz CT molecular complexity index is 490. The van der Waals surface area contributed by atoms with E-state index in [4.69, 9.17) is 18.9 Å². The summed E-state index contributed by atoms with van der Waals surface area (Å²) in [6.45, 7) is 12.2. The zero-order chi connectivity index (χ0) is 19.0. The Morgan fingerprint density at radius 3 is 2.40 bits per heavy atom. The van der Waals surface area contributed by atoms with Crippen molar-refractivity contribution in [1.29, 1.82) is 0 Å². The second kappa shape index (κ2) is 9.70. The van der Waals surface area contributed by atoms with Crippen molar-refractivity contribution in [2.75, 3.05) is 6.61 Å². The van der Waals surface area contributed by atoms with E-state index in [0.717, 1.165) is 12.8 Å². The highest BCUT2D eigenvalue weighted by molar-refractivity contribution is 5.67. The lowest BCUT2D eigenvalue weighted by molar-refractivity contribution is -0.200. The van der Waals surface area contributed by atoms with Gasteiger partial charge in [0.15, 0.2) is 11.7 Å². The van der Waals surface area contributed by atoms with Gasteiger partial charge in [-0.2, -0.15) is 0 Å². The minimum absolute atomic E-state index is 0.393. The molecule has 0 aromatic rings. The molecule has 0 saturated carbocycles. The van der Waals surface area contributed by atoms with Crippen LogP contribution in [0.5, 0.6) is 0 Å². The quantitative estimate of drug-likeness (QED) is 0.363. The molecule has 0 aromatic heterocycles. The van der Waals surface area contributed by atoms with E-state index in [0.29, 0.717) is 13.0 Å². The van der Waals surface area contributed by atoms with Crippen molar-refractivity contribution >= 4 is 11.9 Å². The van der Waals surface area contributed by atoms with Crippen LogP contribution in [-0.2, 0) is 28.5 Å². The van der Waals surface area contributed by atoms with Crippen LogP contribution < -0.4 is 0 Å². The molecule has 1 N–H and O–H groups in total. The summed E-state index contributed by atoms with van der Waals surface area (Å²) in [5.74, 6) is -1.26. The lowest BCUT2D eigenvalue weighted by atomic mass is 9.88. The first-order chi connectivity index (χ1) is 11.8. The Hall–Kier alpha value is -1.70. The first-order valence-corrected chi connectivity index (χ1v) is 8.38. The van der Waals surface area contributed by atoms with Gasteiger partial charge in [-0.05, 0) is 12.8 Å². The maximum Gasteiger partial charge on any atom is 0.305 e. The summed E-state index contributed by atoms with van der Waals surface area (Å²) >= 11 is 0. The zero-order valence-corrected chi connectivity index (χ0v) is 15.1. The van der Waals surface area contributed by atoms with Gasteiger partial charge in [-0.1, -0.05) is 32.1 Å². The average molecular weight is 356 g/mol. The molecule has 0 bridgehead atoms. The van der Waals surface area contributed by atoms with Crippen LogP contribution in [0, 0.1) is 0 Å². The maximum absolute atomic E-state index is 11.4. The van der Waals surface area contributed by atoms with Gasteiger partial charge in [0.25, 0.3) is 0 Å². The van der Waals surface area contributed by atoms with E-state index in [2.05, 4.69) is 13.2 Å². The Balaban J connectivity index is 3.12. The Kier molecular flexibility index (Phi) is 8.28. The topological polar surface area (TPSA) is 91.3 Å². The third-order valence-corrected chi connectivity index (χ3v) is 3.91. The van der Waals surface area contributed by atoms with E-state index in [-0.39, 0.29) is 0 Å². The van der Waals surface area contributed by atoms with Crippen molar-refractivity contribution in [3.05, 3.63) is 25.3 Å². The standard InChI is InChI=1S/C18H28O7/c1-6-9-11-22-14(10-7-2)15-18(21,8-3)16(23-12(4)19)17(25-15)24-13(5)20/h7-8,14-17,21H,2-3,6,9-11H2,1,4-5H3/t14-,15+,16+,17+,18-/m1/s1. The largest absolute Gasteiger partial charge is 0.452 e. The van der Waals surface area contributed by atoms with Crippen molar-refractivity contribution in [3.63, 3.8) is 0 Å². The van der Waals surface area contributed by atoms with Crippen molar-refractivity contribution in [2.24, 2.45) is 0 Å². The number of carbonyl (C=O) groups excluding carboxylic acids is 2. The molecule has 142 valence electrons. The molecular formula is C18H28O7. The highest BCUT2D eigenvalue weighted by Crippen LogP contribution is 2.38. The number of hydrogen-bond acceptors (Lipinski definition) is 7. The average Bonchev–Trinajstić information content (AvgIpc) is 2.79. The highest BCUT2D eigenvalue weighted by atomic mass is 16.7. The van der Waals surface area contributed by atoms with Crippen LogP contribution in [0.3, 0.4) is 0 Å². The normalized spacial score (nSPS) is 29.7. The van der Waals surface area contributed by atoms with Crippen molar-refractivity contribution < 1.29 is 33.6 Å². The molecule has 0 aromatic carbocycles. The molecule has 1 aliphatic rings.